The maximum atomic E-state index is 11.5. The maximum absolute atomic E-state index is 11.5. The van der Waals surface area contributed by atoms with Crippen LogP contribution in [0.5, 0.6) is 0 Å². The summed E-state index contributed by atoms with van der Waals surface area (Å²) in [7, 11) is 0. The van der Waals surface area contributed by atoms with E-state index >= 15 is 0 Å². The molecule has 0 aliphatic carbocycles. The van der Waals surface area contributed by atoms with Gasteiger partial charge < -0.3 is 10.6 Å². The summed E-state index contributed by atoms with van der Waals surface area (Å²) in [6.45, 7) is 2.33. The van der Waals surface area contributed by atoms with E-state index in [4.69, 9.17) is 0 Å². The van der Waals surface area contributed by atoms with E-state index in [9.17, 15) is 4.79 Å². The lowest BCUT2D eigenvalue weighted by Crippen LogP contribution is -2.09. The highest BCUT2D eigenvalue weighted by Gasteiger charge is 2.08. The lowest BCUT2D eigenvalue weighted by molar-refractivity contribution is 0.101. The van der Waals surface area contributed by atoms with Crippen LogP contribution in [0.1, 0.15) is 22.8 Å². The van der Waals surface area contributed by atoms with Crippen molar-refractivity contribution in [1.29, 1.82) is 0 Å². The molecular formula is C24H22N4O. The Hall–Kier alpha value is -3.73. The van der Waals surface area contributed by atoms with Gasteiger partial charge in [0.15, 0.2) is 5.78 Å². The average Bonchev–Trinajstić information content (AvgIpc) is 2.75. The summed E-state index contributed by atoms with van der Waals surface area (Å²) in [4.78, 5) is 20.8. The minimum absolute atomic E-state index is 0.0448. The van der Waals surface area contributed by atoms with Crippen LogP contribution in [0.15, 0.2) is 78.9 Å². The summed E-state index contributed by atoms with van der Waals surface area (Å²) >= 11 is 0. The molecule has 29 heavy (non-hydrogen) atoms. The molecule has 5 heteroatoms. The molecule has 0 atom stereocenters. The number of hydrogen-bond donors (Lipinski definition) is 2. The largest absolute Gasteiger partial charge is 0.369 e. The normalized spacial score (nSPS) is 10.7. The van der Waals surface area contributed by atoms with Gasteiger partial charge in [0.25, 0.3) is 0 Å². The zero-order valence-corrected chi connectivity index (χ0v) is 16.2. The molecule has 0 saturated carbocycles. The number of anilines is 3. The van der Waals surface area contributed by atoms with Crippen LogP contribution >= 0.6 is 0 Å². The first kappa shape index (κ1) is 18.6. The number of fused-ring (bicyclic) bond motifs is 1. The van der Waals surface area contributed by atoms with Gasteiger partial charge in [-0.2, -0.15) is 4.98 Å². The number of rotatable bonds is 7. The van der Waals surface area contributed by atoms with Crippen LogP contribution in [0.25, 0.3) is 10.9 Å². The van der Waals surface area contributed by atoms with Gasteiger partial charge in [-0.15, -0.1) is 0 Å². The van der Waals surface area contributed by atoms with Crippen LogP contribution in [0.3, 0.4) is 0 Å². The number of hydrogen-bond acceptors (Lipinski definition) is 5. The van der Waals surface area contributed by atoms with Crippen molar-refractivity contribution in [3.05, 3.63) is 90.0 Å². The van der Waals surface area contributed by atoms with Crippen molar-refractivity contribution in [1.82, 2.24) is 9.97 Å². The summed E-state index contributed by atoms with van der Waals surface area (Å²) in [5.41, 5.74) is 3.66. The third-order valence-electron chi connectivity index (χ3n) is 4.70. The van der Waals surface area contributed by atoms with Crippen LogP contribution in [-0.2, 0) is 6.42 Å². The van der Waals surface area contributed by atoms with Crippen molar-refractivity contribution >= 4 is 34.1 Å². The summed E-state index contributed by atoms with van der Waals surface area (Å²) in [6.07, 6.45) is 0.911. The Labute approximate surface area is 169 Å². The molecule has 1 aromatic heterocycles. The molecule has 5 nitrogen and oxygen atoms in total. The van der Waals surface area contributed by atoms with E-state index in [1.807, 2.05) is 42.5 Å². The Balaban J connectivity index is 1.55. The van der Waals surface area contributed by atoms with Crippen LogP contribution < -0.4 is 10.6 Å². The molecule has 0 amide bonds. The second-order valence-electron chi connectivity index (χ2n) is 6.83. The van der Waals surface area contributed by atoms with Gasteiger partial charge in [-0.3, -0.25) is 4.79 Å². The molecule has 0 unspecified atom stereocenters. The Morgan fingerprint density at radius 2 is 1.59 bits per heavy atom. The minimum atomic E-state index is 0.0448. The number of Topliss-reactive ketones (excluding diaryl/α,β-unsaturated/α-hetero) is 1. The molecule has 144 valence electrons. The molecule has 1 heterocycles. The van der Waals surface area contributed by atoms with E-state index in [2.05, 4.69) is 44.9 Å². The lowest BCUT2D eigenvalue weighted by atomic mass is 10.1. The molecule has 0 bridgehead atoms. The van der Waals surface area contributed by atoms with Crippen LogP contribution in [0, 0.1) is 0 Å². The van der Waals surface area contributed by atoms with E-state index in [0.717, 1.165) is 35.4 Å². The molecular weight excluding hydrogens is 360 g/mol. The van der Waals surface area contributed by atoms with Gasteiger partial charge in [0, 0.05) is 23.2 Å². The van der Waals surface area contributed by atoms with Gasteiger partial charge in [0.2, 0.25) is 5.95 Å². The number of carbonyl (C=O) groups excluding carboxylic acids is 1. The molecule has 4 aromatic rings. The number of benzene rings is 3. The fourth-order valence-corrected chi connectivity index (χ4v) is 3.15. The molecule has 0 fully saturated rings. The zero-order valence-electron chi connectivity index (χ0n) is 16.2. The molecule has 4 rings (SSSR count). The van der Waals surface area contributed by atoms with Crippen molar-refractivity contribution in [3.63, 3.8) is 0 Å². The van der Waals surface area contributed by atoms with Gasteiger partial charge in [-0.1, -0.05) is 42.5 Å². The van der Waals surface area contributed by atoms with Crippen molar-refractivity contribution in [2.75, 3.05) is 17.2 Å². The van der Waals surface area contributed by atoms with Crippen LogP contribution in [0.4, 0.5) is 17.5 Å². The highest BCUT2D eigenvalue weighted by atomic mass is 16.1. The fourth-order valence-electron chi connectivity index (χ4n) is 3.15. The van der Waals surface area contributed by atoms with Crippen molar-refractivity contribution in [2.45, 2.75) is 13.3 Å². The van der Waals surface area contributed by atoms with Gasteiger partial charge in [0.05, 0.1) is 5.52 Å². The molecule has 2 N–H and O–H groups in total. The Kier molecular flexibility index (Phi) is 5.47. The lowest BCUT2D eigenvalue weighted by Gasteiger charge is -2.12. The van der Waals surface area contributed by atoms with E-state index in [1.165, 1.54) is 5.56 Å². The molecule has 0 radical (unpaired) electrons. The highest BCUT2D eigenvalue weighted by molar-refractivity contribution is 5.94. The van der Waals surface area contributed by atoms with E-state index < -0.39 is 0 Å². The summed E-state index contributed by atoms with van der Waals surface area (Å²) in [5.74, 6) is 1.36. The smallest absolute Gasteiger partial charge is 0.229 e. The second kappa shape index (κ2) is 8.52. The summed E-state index contributed by atoms with van der Waals surface area (Å²) in [6, 6.07) is 25.6. The quantitative estimate of drug-likeness (QED) is 0.428. The standard InChI is InChI=1S/C24H22N4O/c1-17(29)19-11-13-20(14-12-19)26-24-27-22-10-6-5-9-21(22)23(28-24)25-16-15-18-7-3-2-4-8-18/h2-14H,15-16H2,1H3,(H2,25,26,27,28). The van der Waals surface area contributed by atoms with E-state index in [0.29, 0.717) is 11.5 Å². The summed E-state index contributed by atoms with van der Waals surface area (Å²) in [5, 5.41) is 7.67. The molecule has 0 spiro atoms. The number of para-hydroxylation sites is 1. The number of nitrogens with one attached hydrogen (secondary N) is 2. The topological polar surface area (TPSA) is 66.9 Å². The minimum Gasteiger partial charge on any atom is -0.369 e. The predicted molar refractivity (Wildman–Crippen MR) is 118 cm³/mol. The molecule has 0 saturated heterocycles. The van der Waals surface area contributed by atoms with Crippen molar-refractivity contribution < 1.29 is 4.79 Å². The van der Waals surface area contributed by atoms with Gasteiger partial charge in [-0.25, -0.2) is 4.98 Å². The number of ketones is 1. The highest BCUT2D eigenvalue weighted by Crippen LogP contribution is 2.24. The molecule has 0 aliphatic rings. The van der Waals surface area contributed by atoms with Crippen molar-refractivity contribution in [2.24, 2.45) is 0 Å². The zero-order chi connectivity index (χ0) is 20.1. The maximum Gasteiger partial charge on any atom is 0.229 e. The van der Waals surface area contributed by atoms with E-state index in [-0.39, 0.29) is 5.78 Å². The van der Waals surface area contributed by atoms with Crippen molar-refractivity contribution in [3.8, 4) is 0 Å². The third-order valence-corrected chi connectivity index (χ3v) is 4.70. The first-order valence-corrected chi connectivity index (χ1v) is 9.62. The van der Waals surface area contributed by atoms with Crippen LogP contribution in [0.2, 0.25) is 0 Å². The monoisotopic (exact) mass is 382 g/mol. The first-order valence-electron chi connectivity index (χ1n) is 9.62. The van der Waals surface area contributed by atoms with Gasteiger partial charge >= 0.3 is 0 Å². The van der Waals surface area contributed by atoms with E-state index in [1.54, 1.807) is 19.1 Å². The van der Waals surface area contributed by atoms with Gasteiger partial charge in [0.1, 0.15) is 5.82 Å². The Morgan fingerprint density at radius 1 is 0.862 bits per heavy atom. The molecule has 0 aliphatic heterocycles. The summed E-state index contributed by atoms with van der Waals surface area (Å²) < 4.78 is 0. The van der Waals surface area contributed by atoms with Crippen LogP contribution in [-0.4, -0.2) is 22.3 Å². The fraction of sp³-hybridized carbons (Fsp3) is 0.125. The van der Waals surface area contributed by atoms with Gasteiger partial charge in [-0.05, 0) is 55.3 Å². The SMILES string of the molecule is CC(=O)c1ccc(Nc2nc(NCCc3ccccc3)c3ccccc3n2)cc1. The number of carbonyl (C=O) groups is 1. The first-order chi connectivity index (χ1) is 14.2. The second-order valence-corrected chi connectivity index (χ2v) is 6.83. The predicted octanol–water partition coefficient (Wildman–Crippen LogP) is 5.23. The molecule has 3 aromatic carbocycles. The third kappa shape index (κ3) is 4.58. The Morgan fingerprint density at radius 3 is 2.34 bits per heavy atom. The number of nitrogens with zero attached hydrogens (tertiary/aromatic N) is 2. The Bertz CT molecular complexity index is 1120. The number of aromatic nitrogens is 2. The average molecular weight is 382 g/mol.